The van der Waals surface area contributed by atoms with Crippen molar-refractivity contribution in [3.05, 3.63) is 69.8 Å². The fraction of sp³-hybridized carbons (Fsp3) is 0.345. The summed E-state index contributed by atoms with van der Waals surface area (Å²) in [6.07, 6.45) is 2.76. The van der Waals surface area contributed by atoms with Crippen molar-refractivity contribution in [2.75, 3.05) is 6.54 Å². The average molecular weight is 488 g/mol. The van der Waals surface area contributed by atoms with Crippen molar-refractivity contribution in [1.29, 1.82) is 0 Å². The van der Waals surface area contributed by atoms with Crippen molar-refractivity contribution < 1.29 is 23.5 Å². The van der Waals surface area contributed by atoms with Gasteiger partial charge >= 0.3 is 11.6 Å². The van der Waals surface area contributed by atoms with Crippen LogP contribution < -0.4 is 10.9 Å². The number of carboxylic acids is 1. The van der Waals surface area contributed by atoms with Gasteiger partial charge in [-0.05, 0) is 62.6 Å². The van der Waals surface area contributed by atoms with E-state index in [-0.39, 0.29) is 24.2 Å². The zero-order chi connectivity index (χ0) is 25.4. The van der Waals surface area contributed by atoms with Crippen molar-refractivity contribution in [2.45, 2.75) is 46.0 Å². The highest BCUT2D eigenvalue weighted by molar-refractivity contribution is 6.03. The summed E-state index contributed by atoms with van der Waals surface area (Å²) in [5.74, 6) is -0.226. The number of fused-ring (bicyclic) bond motifs is 2. The van der Waals surface area contributed by atoms with Gasteiger partial charge in [0.15, 0.2) is 0 Å². The van der Waals surface area contributed by atoms with Crippen molar-refractivity contribution in [2.24, 2.45) is 11.8 Å². The third-order valence-electron chi connectivity index (χ3n) is 7.46. The molecule has 1 fully saturated rings. The molecule has 1 aliphatic rings. The van der Waals surface area contributed by atoms with Crippen molar-refractivity contribution in [3.8, 4) is 11.1 Å². The molecule has 1 saturated carbocycles. The van der Waals surface area contributed by atoms with E-state index in [1.165, 1.54) is 0 Å². The number of carbonyl (C=O) groups is 2. The van der Waals surface area contributed by atoms with Crippen LogP contribution in [0.25, 0.3) is 33.1 Å². The van der Waals surface area contributed by atoms with E-state index in [9.17, 15) is 14.4 Å². The van der Waals surface area contributed by atoms with Gasteiger partial charge in [0, 0.05) is 28.9 Å². The van der Waals surface area contributed by atoms with Gasteiger partial charge in [0.25, 0.3) is 0 Å². The van der Waals surface area contributed by atoms with Crippen molar-refractivity contribution in [1.82, 2.24) is 5.32 Å². The summed E-state index contributed by atoms with van der Waals surface area (Å²) < 4.78 is 11.6. The molecular formula is C29H29NO6. The van der Waals surface area contributed by atoms with Gasteiger partial charge in [-0.15, -0.1) is 0 Å². The zero-order valence-electron chi connectivity index (χ0n) is 20.4. The Morgan fingerprint density at radius 3 is 2.36 bits per heavy atom. The molecule has 0 unspecified atom stereocenters. The van der Waals surface area contributed by atoms with Gasteiger partial charge in [-0.3, -0.25) is 9.59 Å². The fourth-order valence-corrected chi connectivity index (χ4v) is 5.36. The van der Waals surface area contributed by atoms with Gasteiger partial charge in [0.1, 0.15) is 16.9 Å². The van der Waals surface area contributed by atoms with Gasteiger partial charge in [-0.25, -0.2) is 4.79 Å². The highest BCUT2D eigenvalue weighted by Crippen LogP contribution is 2.37. The number of rotatable bonds is 6. The summed E-state index contributed by atoms with van der Waals surface area (Å²) in [4.78, 5) is 36.7. The molecule has 0 atom stereocenters. The van der Waals surface area contributed by atoms with Crippen LogP contribution in [0.5, 0.6) is 0 Å². The van der Waals surface area contributed by atoms with Gasteiger partial charge in [0.05, 0.1) is 17.9 Å². The number of aliphatic carboxylic acids is 1. The minimum atomic E-state index is -0.741. The van der Waals surface area contributed by atoms with Crippen molar-refractivity contribution >= 4 is 33.8 Å². The number of nitrogens with one attached hydrogen (secondary N) is 1. The Morgan fingerprint density at radius 1 is 0.972 bits per heavy atom. The third-order valence-corrected chi connectivity index (χ3v) is 7.46. The van der Waals surface area contributed by atoms with Crippen LogP contribution >= 0.6 is 0 Å². The molecule has 0 spiro atoms. The molecule has 2 N–H and O–H groups in total. The van der Waals surface area contributed by atoms with Gasteiger partial charge in [-0.2, -0.15) is 0 Å². The lowest BCUT2D eigenvalue weighted by molar-refractivity contribution is -0.143. The third kappa shape index (κ3) is 4.53. The lowest BCUT2D eigenvalue weighted by atomic mass is 9.82. The summed E-state index contributed by atoms with van der Waals surface area (Å²) in [5.41, 5.74) is 3.65. The van der Waals surface area contributed by atoms with Gasteiger partial charge < -0.3 is 19.3 Å². The van der Waals surface area contributed by atoms with E-state index in [0.29, 0.717) is 36.1 Å². The summed E-state index contributed by atoms with van der Waals surface area (Å²) in [5, 5.41) is 13.8. The molecule has 4 aromatic rings. The van der Waals surface area contributed by atoms with Crippen molar-refractivity contribution in [3.63, 3.8) is 0 Å². The predicted octanol–water partition coefficient (Wildman–Crippen LogP) is 5.37. The Morgan fingerprint density at radius 2 is 1.67 bits per heavy atom. The Balaban J connectivity index is 1.39. The zero-order valence-corrected chi connectivity index (χ0v) is 20.4. The van der Waals surface area contributed by atoms with Crippen LogP contribution in [-0.4, -0.2) is 23.5 Å². The van der Waals surface area contributed by atoms with Crippen LogP contribution in [0.3, 0.4) is 0 Å². The lowest BCUT2D eigenvalue weighted by Crippen LogP contribution is -2.34. The number of hydrogen-bond acceptors (Lipinski definition) is 5. The molecule has 7 heteroatoms. The molecule has 0 radical (unpaired) electrons. The molecule has 1 amide bonds. The van der Waals surface area contributed by atoms with E-state index in [1.54, 1.807) is 6.07 Å². The number of hydrogen-bond donors (Lipinski definition) is 2. The maximum absolute atomic E-state index is 12.8. The largest absolute Gasteiger partial charge is 0.481 e. The molecule has 2 aromatic heterocycles. The second-order valence-electron chi connectivity index (χ2n) is 9.77. The van der Waals surface area contributed by atoms with Crippen LogP contribution in [0.15, 0.2) is 56.1 Å². The average Bonchev–Trinajstić information content (AvgIpc) is 3.19. The monoisotopic (exact) mass is 487 g/mol. The second kappa shape index (κ2) is 9.64. The van der Waals surface area contributed by atoms with Crippen LogP contribution in [0.1, 0.15) is 42.6 Å². The molecule has 0 saturated heterocycles. The molecule has 2 heterocycles. The molecule has 7 nitrogen and oxygen atoms in total. The first-order valence-electron chi connectivity index (χ1n) is 12.4. The van der Waals surface area contributed by atoms with E-state index in [4.69, 9.17) is 13.9 Å². The topological polar surface area (TPSA) is 110 Å². The number of carboxylic acid groups (broad SMARTS) is 1. The fourth-order valence-electron chi connectivity index (χ4n) is 5.36. The van der Waals surface area contributed by atoms with Crippen LogP contribution in [0.4, 0.5) is 0 Å². The highest BCUT2D eigenvalue weighted by Gasteiger charge is 2.26. The number of aryl methyl sites for hydroxylation is 2. The maximum Gasteiger partial charge on any atom is 0.340 e. The molecule has 5 rings (SSSR count). The molecule has 2 aromatic carbocycles. The quantitative estimate of drug-likeness (QED) is 0.354. The highest BCUT2D eigenvalue weighted by atomic mass is 16.4. The van der Waals surface area contributed by atoms with E-state index in [0.717, 1.165) is 46.1 Å². The smallest absolute Gasteiger partial charge is 0.340 e. The van der Waals surface area contributed by atoms with E-state index < -0.39 is 11.6 Å². The summed E-state index contributed by atoms with van der Waals surface area (Å²) in [6, 6.07) is 13.7. The first-order valence-corrected chi connectivity index (χ1v) is 12.4. The van der Waals surface area contributed by atoms with E-state index >= 15 is 0 Å². The maximum atomic E-state index is 12.8. The van der Waals surface area contributed by atoms with E-state index in [2.05, 4.69) is 5.32 Å². The Kier molecular flexibility index (Phi) is 6.39. The lowest BCUT2D eigenvalue weighted by Gasteiger charge is -2.26. The molecule has 1 aliphatic carbocycles. The molecule has 36 heavy (non-hydrogen) atoms. The number of furan rings is 1. The Labute approximate surface area is 208 Å². The van der Waals surface area contributed by atoms with Crippen LogP contribution in [0.2, 0.25) is 0 Å². The SMILES string of the molecule is Cc1oc2cc3oc(=O)c(CC(=O)NCC4CCC(C(=O)O)CC4)c(C)c3cc2c1-c1ccccc1. The van der Waals surface area contributed by atoms with Gasteiger partial charge in [0.2, 0.25) is 5.91 Å². The molecular weight excluding hydrogens is 458 g/mol. The first kappa shape index (κ1) is 23.9. The second-order valence-corrected chi connectivity index (χ2v) is 9.77. The molecule has 186 valence electrons. The Bertz CT molecular complexity index is 1510. The van der Waals surface area contributed by atoms with Crippen LogP contribution in [0, 0.1) is 25.7 Å². The standard InChI is InChI=1S/C29H29NO6/c1-16-21-12-23-25(35-17(2)27(23)19-6-4-3-5-7-19)14-24(21)36-29(34)22(16)13-26(31)30-15-18-8-10-20(11-9-18)28(32)33/h3-7,12,14,18,20H,8-11,13,15H2,1-2H3,(H,30,31)(H,32,33). The minimum Gasteiger partial charge on any atom is -0.481 e. The first-order chi connectivity index (χ1) is 17.3. The summed E-state index contributed by atoms with van der Waals surface area (Å²) >= 11 is 0. The number of amides is 1. The Hall–Kier alpha value is -3.87. The summed E-state index contributed by atoms with van der Waals surface area (Å²) in [7, 11) is 0. The van der Waals surface area contributed by atoms with Crippen LogP contribution in [-0.2, 0) is 16.0 Å². The normalized spacial score (nSPS) is 17.9. The summed E-state index contributed by atoms with van der Waals surface area (Å²) in [6.45, 7) is 4.24. The van der Waals surface area contributed by atoms with E-state index in [1.807, 2.05) is 50.2 Å². The van der Waals surface area contributed by atoms with Gasteiger partial charge in [-0.1, -0.05) is 30.3 Å². The molecule has 0 aliphatic heterocycles. The number of carbonyl (C=O) groups excluding carboxylic acids is 1. The minimum absolute atomic E-state index is 0.0669. The number of benzene rings is 2. The predicted molar refractivity (Wildman–Crippen MR) is 137 cm³/mol. The molecule has 0 bridgehead atoms.